The number of nitrogens with one attached hydrogen (secondary N) is 4. The van der Waals surface area contributed by atoms with Crippen molar-refractivity contribution in [2.75, 3.05) is 10.6 Å². The number of benzene rings is 4. The van der Waals surface area contributed by atoms with Crippen molar-refractivity contribution in [1.29, 1.82) is 0 Å². The molecular weight excluding hydrogens is 592 g/mol. The van der Waals surface area contributed by atoms with E-state index < -0.39 is 11.8 Å². The van der Waals surface area contributed by atoms with Crippen LogP contribution in [-0.2, 0) is 9.59 Å². The Bertz CT molecular complexity index is 1850. The van der Waals surface area contributed by atoms with Crippen molar-refractivity contribution >= 4 is 69.4 Å². The first-order chi connectivity index (χ1) is 21.3. The van der Waals surface area contributed by atoms with Gasteiger partial charge in [-0.3, -0.25) is 14.4 Å². The fraction of sp³-hybridized carbons (Fsp3) is 0.114. The van der Waals surface area contributed by atoms with E-state index in [-0.39, 0.29) is 16.9 Å². The molecule has 0 aliphatic rings. The van der Waals surface area contributed by atoms with Gasteiger partial charge in [-0.2, -0.15) is 0 Å². The highest BCUT2D eigenvalue weighted by atomic mass is 35.5. The van der Waals surface area contributed by atoms with Gasteiger partial charge in [0.15, 0.2) is 0 Å². The van der Waals surface area contributed by atoms with E-state index in [0.717, 1.165) is 26.9 Å². The zero-order valence-electron chi connectivity index (χ0n) is 24.2. The van der Waals surface area contributed by atoms with E-state index in [1.807, 2.05) is 68.4 Å². The third kappa shape index (κ3) is 7.40. The molecule has 4 aromatic carbocycles. The van der Waals surface area contributed by atoms with Crippen molar-refractivity contribution in [3.05, 3.63) is 131 Å². The molecule has 0 saturated carbocycles. The van der Waals surface area contributed by atoms with Crippen molar-refractivity contribution in [1.82, 2.24) is 10.3 Å². The van der Waals surface area contributed by atoms with Gasteiger partial charge in [0.25, 0.3) is 11.8 Å². The molecule has 5 rings (SSSR count). The number of fused-ring (bicyclic) bond motifs is 1. The number of rotatable bonds is 10. The molecule has 1 aromatic heterocycles. The lowest BCUT2D eigenvalue weighted by molar-refractivity contribution is -0.116. The number of H-pyrrole nitrogens is 1. The molecule has 3 amide bonds. The van der Waals surface area contributed by atoms with Crippen LogP contribution in [0.2, 0.25) is 5.02 Å². The lowest BCUT2D eigenvalue weighted by Gasteiger charge is -2.17. The topological polar surface area (TPSA) is 103 Å². The summed E-state index contributed by atoms with van der Waals surface area (Å²) in [6.07, 6.45) is 4.04. The molecule has 44 heavy (non-hydrogen) atoms. The number of carbonyl (C=O) groups is 3. The van der Waals surface area contributed by atoms with E-state index in [1.165, 1.54) is 11.8 Å². The monoisotopic (exact) mass is 622 g/mol. The van der Waals surface area contributed by atoms with Gasteiger partial charge in [-0.15, -0.1) is 11.8 Å². The molecule has 1 heterocycles. The molecule has 7 nitrogen and oxygen atoms in total. The molecule has 1 unspecified atom stereocenters. The van der Waals surface area contributed by atoms with Crippen LogP contribution in [0.1, 0.15) is 34.8 Å². The van der Waals surface area contributed by atoms with Gasteiger partial charge < -0.3 is 20.9 Å². The molecule has 0 saturated heterocycles. The Balaban J connectivity index is 1.35. The van der Waals surface area contributed by atoms with Crippen LogP contribution in [-0.4, -0.2) is 28.0 Å². The summed E-state index contributed by atoms with van der Waals surface area (Å²) in [6, 6.07) is 29.1. The summed E-state index contributed by atoms with van der Waals surface area (Å²) >= 11 is 7.63. The standard InChI is InChI=1S/C35H31ClN4O3S/c1-3-32(35(43)39-29-18-10-16-28(36)22(29)2)44-26-14-9-13-25(20-26)38-34(42)31(40-33(41)23-11-5-4-6-12-23)19-24-21-37-30-17-8-7-15-27(24)30/h4-21,32,37H,3H2,1-2H3,(H,38,42)(H,39,43)(H,40,41)/b31-19-. The maximum Gasteiger partial charge on any atom is 0.272 e. The second-order valence-corrected chi connectivity index (χ2v) is 11.7. The highest BCUT2D eigenvalue weighted by Gasteiger charge is 2.20. The Labute approximate surface area is 265 Å². The van der Waals surface area contributed by atoms with Crippen LogP contribution in [0, 0.1) is 6.92 Å². The molecular formula is C35H31ClN4O3S. The molecule has 222 valence electrons. The molecule has 0 aliphatic heterocycles. The number of para-hydroxylation sites is 1. The zero-order chi connectivity index (χ0) is 31.1. The SMILES string of the molecule is CCC(Sc1cccc(NC(=O)/C(=C/c2c[nH]c3ccccc23)NC(=O)c2ccccc2)c1)C(=O)Nc1cccc(Cl)c1C. The molecule has 4 N–H and O–H groups in total. The summed E-state index contributed by atoms with van der Waals surface area (Å²) in [5.74, 6) is -1.02. The smallest absolute Gasteiger partial charge is 0.272 e. The average molecular weight is 623 g/mol. The molecule has 0 radical (unpaired) electrons. The Morgan fingerprint density at radius 3 is 2.45 bits per heavy atom. The first-order valence-corrected chi connectivity index (χ1v) is 15.4. The Hall–Kier alpha value is -4.79. The molecule has 9 heteroatoms. The number of anilines is 2. The minimum Gasteiger partial charge on any atom is -0.361 e. The van der Waals surface area contributed by atoms with Gasteiger partial charge in [0.1, 0.15) is 5.70 Å². The number of amides is 3. The minimum absolute atomic E-state index is 0.0874. The molecule has 0 fully saturated rings. The third-order valence-electron chi connectivity index (χ3n) is 7.01. The average Bonchev–Trinajstić information content (AvgIpc) is 3.45. The number of hydrogen-bond donors (Lipinski definition) is 4. The van der Waals surface area contributed by atoms with Gasteiger partial charge in [0, 0.05) is 49.5 Å². The maximum atomic E-state index is 13.6. The molecule has 0 bridgehead atoms. The summed E-state index contributed by atoms with van der Waals surface area (Å²) in [4.78, 5) is 43.8. The number of halogens is 1. The lowest BCUT2D eigenvalue weighted by atomic mass is 10.1. The highest BCUT2D eigenvalue weighted by Crippen LogP contribution is 2.30. The van der Waals surface area contributed by atoms with E-state index in [4.69, 9.17) is 11.6 Å². The van der Waals surface area contributed by atoms with Gasteiger partial charge in [-0.25, -0.2) is 0 Å². The quantitative estimate of drug-likeness (QED) is 0.0934. The summed E-state index contributed by atoms with van der Waals surface area (Å²) in [6.45, 7) is 3.81. The number of aromatic amines is 1. The lowest BCUT2D eigenvalue weighted by Crippen LogP contribution is -2.30. The summed E-state index contributed by atoms with van der Waals surface area (Å²) in [7, 11) is 0. The van der Waals surface area contributed by atoms with Crippen molar-refractivity contribution in [2.45, 2.75) is 30.4 Å². The van der Waals surface area contributed by atoms with Crippen LogP contribution in [0.5, 0.6) is 0 Å². The van der Waals surface area contributed by atoms with E-state index in [0.29, 0.717) is 28.4 Å². The predicted octanol–water partition coefficient (Wildman–Crippen LogP) is 8.05. The summed E-state index contributed by atoms with van der Waals surface area (Å²) in [5.41, 5.74) is 4.20. The van der Waals surface area contributed by atoms with Gasteiger partial charge in [0.05, 0.1) is 5.25 Å². The van der Waals surface area contributed by atoms with Crippen LogP contribution in [0.25, 0.3) is 17.0 Å². The van der Waals surface area contributed by atoms with Crippen LogP contribution in [0.4, 0.5) is 11.4 Å². The van der Waals surface area contributed by atoms with Crippen LogP contribution < -0.4 is 16.0 Å². The fourth-order valence-corrected chi connectivity index (χ4v) is 5.79. The Kier molecular flexibility index (Phi) is 9.84. The van der Waals surface area contributed by atoms with Crippen molar-refractivity contribution < 1.29 is 14.4 Å². The number of aromatic nitrogens is 1. The van der Waals surface area contributed by atoms with E-state index in [1.54, 1.807) is 54.7 Å². The third-order valence-corrected chi connectivity index (χ3v) is 8.78. The molecule has 0 spiro atoms. The van der Waals surface area contributed by atoms with Gasteiger partial charge in [-0.1, -0.05) is 67.1 Å². The predicted molar refractivity (Wildman–Crippen MR) is 180 cm³/mol. The molecule has 1 atom stereocenters. The number of thioether (sulfide) groups is 1. The second-order valence-electron chi connectivity index (χ2n) is 10.1. The summed E-state index contributed by atoms with van der Waals surface area (Å²) in [5, 5.41) is 9.82. The fourth-order valence-electron chi connectivity index (χ4n) is 4.60. The van der Waals surface area contributed by atoms with Crippen molar-refractivity contribution in [3.63, 3.8) is 0 Å². The highest BCUT2D eigenvalue weighted by molar-refractivity contribution is 8.00. The van der Waals surface area contributed by atoms with Gasteiger partial charge in [0.2, 0.25) is 5.91 Å². The number of carbonyl (C=O) groups excluding carboxylic acids is 3. The van der Waals surface area contributed by atoms with Crippen molar-refractivity contribution in [2.24, 2.45) is 0 Å². The largest absolute Gasteiger partial charge is 0.361 e. The maximum absolute atomic E-state index is 13.6. The molecule has 5 aromatic rings. The molecule has 0 aliphatic carbocycles. The van der Waals surface area contributed by atoms with Gasteiger partial charge >= 0.3 is 0 Å². The van der Waals surface area contributed by atoms with E-state index in [9.17, 15) is 14.4 Å². The van der Waals surface area contributed by atoms with E-state index >= 15 is 0 Å². The van der Waals surface area contributed by atoms with Crippen molar-refractivity contribution in [3.8, 4) is 0 Å². The first kappa shape index (κ1) is 30.7. The minimum atomic E-state index is -0.483. The van der Waals surface area contributed by atoms with Crippen LogP contribution in [0.15, 0.2) is 114 Å². The summed E-state index contributed by atoms with van der Waals surface area (Å²) < 4.78 is 0. The second kappa shape index (κ2) is 14.1. The van der Waals surface area contributed by atoms with E-state index in [2.05, 4.69) is 20.9 Å². The van der Waals surface area contributed by atoms with Crippen LogP contribution >= 0.6 is 23.4 Å². The zero-order valence-corrected chi connectivity index (χ0v) is 25.8. The Morgan fingerprint density at radius 2 is 1.66 bits per heavy atom. The number of hydrogen-bond acceptors (Lipinski definition) is 4. The van der Waals surface area contributed by atoms with Gasteiger partial charge in [-0.05, 0) is 73.5 Å². The normalized spacial score (nSPS) is 12.0. The van der Waals surface area contributed by atoms with Crippen LogP contribution in [0.3, 0.4) is 0 Å². The Morgan fingerprint density at radius 1 is 0.909 bits per heavy atom. The first-order valence-electron chi connectivity index (χ1n) is 14.1.